The van der Waals surface area contributed by atoms with Crippen LogP contribution in [0.2, 0.25) is 0 Å². The van der Waals surface area contributed by atoms with Gasteiger partial charge in [0.1, 0.15) is 11.5 Å². The van der Waals surface area contributed by atoms with Crippen LogP contribution in [-0.2, 0) is 7.05 Å². The zero-order valence-corrected chi connectivity index (χ0v) is 8.41. The molecule has 0 amide bonds. The molecule has 7 nitrogen and oxygen atoms in total. The van der Waals surface area contributed by atoms with Crippen LogP contribution in [-0.4, -0.2) is 27.8 Å². The van der Waals surface area contributed by atoms with Gasteiger partial charge < -0.3 is 16.2 Å². The number of aromatic nitrogens is 2. The van der Waals surface area contributed by atoms with Crippen LogP contribution < -0.4 is 22.3 Å². The van der Waals surface area contributed by atoms with E-state index in [-0.39, 0.29) is 18.1 Å². The second-order valence-electron chi connectivity index (χ2n) is 3.09. The molecular weight excluding hydrogens is 200 g/mol. The van der Waals surface area contributed by atoms with Crippen LogP contribution in [0.3, 0.4) is 0 Å². The molecular formula is C8H14N4O3. The molecule has 0 atom stereocenters. The summed E-state index contributed by atoms with van der Waals surface area (Å²) in [7, 11) is 1.34. The molecule has 7 heteroatoms. The van der Waals surface area contributed by atoms with Gasteiger partial charge in [0.25, 0.3) is 5.56 Å². The molecule has 0 aliphatic rings. The summed E-state index contributed by atoms with van der Waals surface area (Å²) >= 11 is 0. The van der Waals surface area contributed by atoms with Crippen molar-refractivity contribution in [3.63, 3.8) is 0 Å². The number of nitrogen functional groups attached to an aromatic ring is 1. The second-order valence-corrected chi connectivity index (χ2v) is 3.09. The van der Waals surface area contributed by atoms with Crippen molar-refractivity contribution in [2.75, 3.05) is 24.2 Å². The number of hydrogen-bond donors (Lipinski definition) is 4. The van der Waals surface area contributed by atoms with Gasteiger partial charge in [0.15, 0.2) is 0 Å². The Morgan fingerprint density at radius 2 is 2.20 bits per heavy atom. The average molecular weight is 214 g/mol. The van der Waals surface area contributed by atoms with E-state index in [1.165, 1.54) is 7.05 Å². The molecule has 1 rings (SSSR count). The van der Waals surface area contributed by atoms with Crippen LogP contribution >= 0.6 is 0 Å². The Kier molecular flexibility index (Phi) is 3.51. The van der Waals surface area contributed by atoms with E-state index in [4.69, 9.17) is 10.8 Å². The van der Waals surface area contributed by atoms with Gasteiger partial charge in [-0.15, -0.1) is 0 Å². The standard InChI is InChI=1S/C8H14N4O3/c1-12-7(14)5(9)6(11-8(12)15)10-3-2-4-13/h10,13H,2-4,9H2,1H3,(H,11,15). The largest absolute Gasteiger partial charge is 0.396 e. The van der Waals surface area contributed by atoms with Gasteiger partial charge in [0, 0.05) is 20.2 Å². The van der Waals surface area contributed by atoms with Crippen molar-refractivity contribution in [1.29, 1.82) is 0 Å². The Balaban J connectivity index is 3.00. The monoisotopic (exact) mass is 214 g/mol. The first-order valence-corrected chi connectivity index (χ1v) is 4.51. The van der Waals surface area contributed by atoms with E-state index in [2.05, 4.69) is 10.3 Å². The van der Waals surface area contributed by atoms with Crippen molar-refractivity contribution in [2.24, 2.45) is 7.05 Å². The third-order valence-corrected chi connectivity index (χ3v) is 1.98. The highest BCUT2D eigenvalue weighted by Crippen LogP contribution is 2.05. The third-order valence-electron chi connectivity index (χ3n) is 1.98. The predicted octanol–water partition coefficient (Wildman–Crippen LogP) is -1.55. The van der Waals surface area contributed by atoms with Crippen LogP contribution in [0, 0.1) is 0 Å². The SMILES string of the molecule is Cn1c(=O)[nH]c(NCCCO)c(N)c1=O. The highest BCUT2D eigenvalue weighted by Gasteiger charge is 2.07. The number of hydrogen-bond acceptors (Lipinski definition) is 5. The molecule has 15 heavy (non-hydrogen) atoms. The number of nitrogens with zero attached hydrogens (tertiary/aromatic N) is 1. The van der Waals surface area contributed by atoms with E-state index < -0.39 is 11.2 Å². The normalized spacial score (nSPS) is 10.3. The number of nitrogens with one attached hydrogen (secondary N) is 2. The lowest BCUT2D eigenvalue weighted by atomic mass is 10.4. The minimum absolute atomic E-state index is 0.0297. The summed E-state index contributed by atoms with van der Waals surface area (Å²) in [6.45, 7) is 0.464. The summed E-state index contributed by atoms with van der Waals surface area (Å²) in [5.74, 6) is 0.205. The summed E-state index contributed by atoms with van der Waals surface area (Å²) in [5, 5.41) is 11.3. The average Bonchev–Trinajstić information content (AvgIpc) is 2.23. The van der Waals surface area contributed by atoms with Gasteiger partial charge in [-0.2, -0.15) is 0 Å². The number of nitrogens with two attached hydrogens (primary N) is 1. The molecule has 0 radical (unpaired) electrons. The molecule has 0 aromatic carbocycles. The van der Waals surface area contributed by atoms with Crippen molar-refractivity contribution in [2.45, 2.75) is 6.42 Å². The number of H-pyrrole nitrogens is 1. The van der Waals surface area contributed by atoms with Crippen LogP contribution in [0.4, 0.5) is 11.5 Å². The smallest absolute Gasteiger partial charge is 0.329 e. The van der Waals surface area contributed by atoms with Crippen molar-refractivity contribution in [3.05, 3.63) is 20.8 Å². The lowest BCUT2D eigenvalue weighted by Crippen LogP contribution is -2.35. The highest BCUT2D eigenvalue weighted by molar-refractivity contribution is 5.58. The first-order valence-electron chi connectivity index (χ1n) is 4.51. The van der Waals surface area contributed by atoms with Crippen molar-refractivity contribution < 1.29 is 5.11 Å². The highest BCUT2D eigenvalue weighted by atomic mass is 16.3. The Bertz CT molecular complexity index is 448. The Morgan fingerprint density at radius 1 is 1.53 bits per heavy atom. The zero-order valence-electron chi connectivity index (χ0n) is 8.41. The number of aliphatic hydroxyl groups is 1. The van der Waals surface area contributed by atoms with E-state index in [1.807, 2.05) is 0 Å². The lowest BCUT2D eigenvalue weighted by Gasteiger charge is -2.08. The molecule has 0 saturated heterocycles. The summed E-state index contributed by atoms with van der Waals surface area (Å²) < 4.78 is 0.895. The van der Waals surface area contributed by atoms with Crippen molar-refractivity contribution in [1.82, 2.24) is 9.55 Å². The minimum atomic E-state index is -0.537. The van der Waals surface area contributed by atoms with Gasteiger partial charge >= 0.3 is 5.69 Å². The molecule has 1 aromatic rings. The van der Waals surface area contributed by atoms with Gasteiger partial charge in [-0.25, -0.2) is 4.79 Å². The van der Waals surface area contributed by atoms with E-state index in [0.29, 0.717) is 13.0 Å². The maximum absolute atomic E-state index is 11.4. The predicted molar refractivity (Wildman–Crippen MR) is 56.9 cm³/mol. The number of anilines is 2. The van der Waals surface area contributed by atoms with E-state index in [0.717, 1.165) is 4.57 Å². The fraction of sp³-hybridized carbons (Fsp3) is 0.500. The maximum atomic E-state index is 11.4. The Hall–Kier alpha value is -1.76. The summed E-state index contributed by atoms with van der Waals surface area (Å²) in [6, 6.07) is 0. The fourth-order valence-electron chi connectivity index (χ4n) is 1.07. The fourth-order valence-corrected chi connectivity index (χ4v) is 1.07. The molecule has 0 aliphatic carbocycles. The summed E-state index contributed by atoms with van der Waals surface area (Å²) in [6.07, 6.45) is 0.511. The molecule has 5 N–H and O–H groups in total. The maximum Gasteiger partial charge on any atom is 0.329 e. The summed E-state index contributed by atoms with van der Waals surface area (Å²) in [4.78, 5) is 25.0. The van der Waals surface area contributed by atoms with Crippen molar-refractivity contribution >= 4 is 11.5 Å². The number of aliphatic hydroxyl groups excluding tert-OH is 1. The molecule has 1 heterocycles. The van der Waals surface area contributed by atoms with Crippen molar-refractivity contribution in [3.8, 4) is 0 Å². The van der Waals surface area contributed by atoms with Gasteiger partial charge in [0.05, 0.1) is 0 Å². The molecule has 0 saturated carbocycles. The molecule has 84 valence electrons. The van der Waals surface area contributed by atoms with E-state index >= 15 is 0 Å². The van der Waals surface area contributed by atoms with E-state index in [1.54, 1.807) is 0 Å². The first-order chi connectivity index (χ1) is 7.07. The van der Waals surface area contributed by atoms with Crippen LogP contribution in [0.15, 0.2) is 9.59 Å². The second kappa shape index (κ2) is 4.65. The Labute approximate surface area is 85.5 Å². The quantitative estimate of drug-likeness (QED) is 0.453. The molecule has 0 fully saturated rings. The van der Waals surface area contributed by atoms with Crippen LogP contribution in [0.25, 0.3) is 0 Å². The van der Waals surface area contributed by atoms with E-state index in [9.17, 15) is 9.59 Å². The Morgan fingerprint density at radius 3 is 2.80 bits per heavy atom. The van der Waals surface area contributed by atoms with Gasteiger partial charge in [-0.3, -0.25) is 14.3 Å². The van der Waals surface area contributed by atoms with Gasteiger partial charge in [-0.1, -0.05) is 0 Å². The molecule has 0 bridgehead atoms. The third kappa shape index (κ3) is 2.38. The molecule has 0 unspecified atom stereocenters. The number of aromatic amines is 1. The molecule has 0 aliphatic heterocycles. The van der Waals surface area contributed by atoms with Crippen LogP contribution in [0.5, 0.6) is 0 Å². The van der Waals surface area contributed by atoms with Gasteiger partial charge in [-0.05, 0) is 6.42 Å². The minimum Gasteiger partial charge on any atom is -0.396 e. The first kappa shape index (κ1) is 11.3. The van der Waals surface area contributed by atoms with Gasteiger partial charge in [0.2, 0.25) is 0 Å². The topological polar surface area (TPSA) is 113 Å². The number of rotatable bonds is 4. The summed E-state index contributed by atoms with van der Waals surface area (Å²) in [5.41, 5.74) is 4.41. The van der Waals surface area contributed by atoms with Crippen LogP contribution in [0.1, 0.15) is 6.42 Å². The zero-order chi connectivity index (χ0) is 11.4. The molecule has 1 aromatic heterocycles. The molecule has 0 spiro atoms. The lowest BCUT2D eigenvalue weighted by molar-refractivity contribution is 0.292.